The molecule has 3 heterocycles. The lowest BCUT2D eigenvalue weighted by atomic mass is 10.3. The van der Waals surface area contributed by atoms with Gasteiger partial charge in [0.15, 0.2) is 5.82 Å². The van der Waals surface area contributed by atoms with Gasteiger partial charge in [0.05, 0.1) is 23.8 Å². The van der Waals surface area contributed by atoms with E-state index < -0.39 is 0 Å². The quantitative estimate of drug-likeness (QED) is 0.756. The van der Waals surface area contributed by atoms with E-state index in [0.29, 0.717) is 16.7 Å². The molecule has 0 spiro atoms. The molecule has 0 atom stereocenters. The minimum atomic E-state index is 0.652. The van der Waals surface area contributed by atoms with Crippen molar-refractivity contribution in [2.45, 2.75) is 6.92 Å². The standard InChI is InChI=1S/C13H13N7S/c1-3-4-20-11(10-5-15-16-6-10)7-14-12(20)9(2)18-13-19-17-8-21-13/h3-8H,2H2,1H3,(H,15,16)(H,18,19)/b4-3-. The molecule has 0 aliphatic carbocycles. The number of aromatic nitrogens is 6. The molecule has 8 heteroatoms. The van der Waals surface area contributed by atoms with E-state index in [1.807, 2.05) is 30.0 Å². The minimum absolute atomic E-state index is 0.652. The third kappa shape index (κ3) is 2.61. The van der Waals surface area contributed by atoms with E-state index in [1.54, 1.807) is 17.9 Å². The molecule has 0 unspecified atom stereocenters. The van der Waals surface area contributed by atoms with Gasteiger partial charge in [0.2, 0.25) is 5.13 Å². The van der Waals surface area contributed by atoms with E-state index in [0.717, 1.165) is 11.3 Å². The van der Waals surface area contributed by atoms with Crippen molar-refractivity contribution in [2.24, 2.45) is 0 Å². The topological polar surface area (TPSA) is 84.3 Å². The second kappa shape index (κ2) is 5.71. The smallest absolute Gasteiger partial charge is 0.209 e. The normalized spacial score (nSPS) is 11.1. The predicted octanol–water partition coefficient (Wildman–Crippen LogP) is 2.70. The number of allylic oxidation sites excluding steroid dienone is 1. The van der Waals surface area contributed by atoms with E-state index in [9.17, 15) is 0 Å². The number of H-pyrrole nitrogens is 1. The molecule has 0 amide bonds. The molecule has 3 aromatic heterocycles. The molecule has 0 saturated carbocycles. The number of aromatic amines is 1. The van der Waals surface area contributed by atoms with Crippen molar-refractivity contribution in [3.8, 4) is 11.3 Å². The van der Waals surface area contributed by atoms with E-state index >= 15 is 0 Å². The number of nitrogens with zero attached hydrogens (tertiary/aromatic N) is 5. The van der Waals surface area contributed by atoms with Gasteiger partial charge in [0.25, 0.3) is 0 Å². The lowest BCUT2D eigenvalue weighted by molar-refractivity contribution is 1.07. The summed E-state index contributed by atoms with van der Waals surface area (Å²) in [5, 5.41) is 18.3. The van der Waals surface area contributed by atoms with E-state index in [4.69, 9.17) is 0 Å². The first kappa shape index (κ1) is 13.3. The monoisotopic (exact) mass is 299 g/mol. The van der Waals surface area contributed by atoms with Crippen molar-refractivity contribution in [3.63, 3.8) is 0 Å². The Morgan fingerprint density at radius 2 is 2.38 bits per heavy atom. The molecule has 0 bridgehead atoms. The van der Waals surface area contributed by atoms with E-state index in [2.05, 4.69) is 37.3 Å². The third-order valence-corrected chi connectivity index (χ3v) is 3.38. The Balaban J connectivity index is 1.97. The van der Waals surface area contributed by atoms with Crippen LogP contribution in [-0.2, 0) is 0 Å². The van der Waals surface area contributed by atoms with Crippen LogP contribution in [0, 0.1) is 0 Å². The van der Waals surface area contributed by atoms with Crippen LogP contribution in [0.3, 0.4) is 0 Å². The molecule has 0 saturated heterocycles. The molecular formula is C13H13N7S. The summed E-state index contributed by atoms with van der Waals surface area (Å²) in [6.45, 7) is 5.97. The Morgan fingerprint density at radius 1 is 1.48 bits per heavy atom. The van der Waals surface area contributed by atoms with Gasteiger partial charge in [-0.3, -0.25) is 9.67 Å². The number of anilines is 1. The van der Waals surface area contributed by atoms with Crippen molar-refractivity contribution >= 4 is 28.4 Å². The molecule has 0 aliphatic heterocycles. The van der Waals surface area contributed by atoms with Gasteiger partial charge in [-0.25, -0.2) is 4.98 Å². The van der Waals surface area contributed by atoms with Crippen LogP contribution in [0.25, 0.3) is 23.2 Å². The van der Waals surface area contributed by atoms with Crippen molar-refractivity contribution in [1.82, 2.24) is 29.9 Å². The van der Waals surface area contributed by atoms with Gasteiger partial charge in [-0.2, -0.15) is 5.10 Å². The highest BCUT2D eigenvalue weighted by Crippen LogP contribution is 2.24. The zero-order valence-electron chi connectivity index (χ0n) is 11.3. The minimum Gasteiger partial charge on any atom is -0.328 e. The van der Waals surface area contributed by atoms with Crippen LogP contribution in [0.2, 0.25) is 0 Å². The Kier molecular flexibility index (Phi) is 3.61. The van der Waals surface area contributed by atoms with Crippen LogP contribution in [0.15, 0.2) is 36.8 Å². The van der Waals surface area contributed by atoms with Crippen molar-refractivity contribution in [1.29, 1.82) is 0 Å². The van der Waals surface area contributed by atoms with Gasteiger partial charge in [-0.1, -0.05) is 24.0 Å². The first-order valence-corrected chi connectivity index (χ1v) is 7.09. The molecule has 106 valence electrons. The SMILES string of the molecule is C=C(Nc1nncs1)c1ncc(-c2cn[nH]c2)n1/C=C\C. The molecule has 0 radical (unpaired) electrons. The van der Waals surface area contributed by atoms with Crippen molar-refractivity contribution in [3.05, 3.63) is 42.6 Å². The van der Waals surface area contributed by atoms with E-state index in [-0.39, 0.29) is 0 Å². The summed E-state index contributed by atoms with van der Waals surface area (Å²) in [6, 6.07) is 0. The highest BCUT2D eigenvalue weighted by atomic mass is 32.1. The molecule has 2 N–H and O–H groups in total. The molecule has 3 rings (SSSR count). The third-order valence-electron chi connectivity index (χ3n) is 2.78. The van der Waals surface area contributed by atoms with Crippen molar-refractivity contribution < 1.29 is 0 Å². The largest absolute Gasteiger partial charge is 0.328 e. The summed E-state index contributed by atoms with van der Waals surface area (Å²) >= 11 is 1.41. The number of nitrogens with one attached hydrogen (secondary N) is 2. The highest BCUT2D eigenvalue weighted by molar-refractivity contribution is 7.13. The zero-order valence-corrected chi connectivity index (χ0v) is 12.1. The first-order chi connectivity index (χ1) is 10.3. The van der Waals surface area contributed by atoms with Gasteiger partial charge < -0.3 is 5.32 Å². The Labute approximate surface area is 125 Å². The van der Waals surface area contributed by atoms with Crippen LogP contribution >= 0.6 is 11.3 Å². The number of rotatable bonds is 5. The Hall–Kier alpha value is -2.74. The van der Waals surface area contributed by atoms with Gasteiger partial charge in [0.1, 0.15) is 5.51 Å². The molecular weight excluding hydrogens is 286 g/mol. The summed E-state index contributed by atoms with van der Waals surface area (Å²) in [5.74, 6) is 0.708. The summed E-state index contributed by atoms with van der Waals surface area (Å²) in [7, 11) is 0. The molecule has 0 fully saturated rings. The van der Waals surface area contributed by atoms with Gasteiger partial charge in [-0.15, -0.1) is 10.2 Å². The second-order valence-corrected chi connectivity index (χ2v) is 4.99. The van der Waals surface area contributed by atoms with Crippen LogP contribution in [-0.4, -0.2) is 29.9 Å². The lowest BCUT2D eigenvalue weighted by Crippen LogP contribution is -2.04. The molecule has 3 aromatic rings. The lowest BCUT2D eigenvalue weighted by Gasteiger charge is -2.08. The fraction of sp³-hybridized carbons (Fsp3) is 0.0769. The highest BCUT2D eigenvalue weighted by Gasteiger charge is 2.14. The average Bonchev–Trinajstić information content (AvgIpc) is 3.19. The predicted molar refractivity (Wildman–Crippen MR) is 83.4 cm³/mol. The maximum absolute atomic E-state index is 4.44. The summed E-state index contributed by atoms with van der Waals surface area (Å²) < 4.78 is 1.95. The maximum Gasteiger partial charge on any atom is 0.209 e. The molecule has 0 aromatic carbocycles. The maximum atomic E-state index is 4.44. The van der Waals surface area contributed by atoms with Crippen molar-refractivity contribution in [2.75, 3.05) is 5.32 Å². The van der Waals surface area contributed by atoms with Gasteiger partial charge in [-0.05, 0) is 6.92 Å². The summed E-state index contributed by atoms with van der Waals surface area (Å²) in [5.41, 5.74) is 4.19. The zero-order chi connectivity index (χ0) is 14.7. The Morgan fingerprint density at radius 3 is 3.05 bits per heavy atom. The van der Waals surface area contributed by atoms with Crippen LogP contribution < -0.4 is 5.32 Å². The number of hydrogen-bond donors (Lipinski definition) is 2. The summed E-state index contributed by atoms with van der Waals surface area (Å²) in [6.07, 6.45) is 9.22. The number of imidazole rings is 1. The van der Waals surface area contributed by atoms with E-state index in [1.165, 1.54) is 11.3 Å². The van der Waals surface area contributed by atoms with Gasteiger partial charge in [0, 0.05) is 18.0 Å². The fourth-order valence-corrected chi connectivity index (χ4v) is 2.37. The molecule has 21 heavy (non-hydrogen) atoms. The average molecular weight is 299 g/mol. The van der Waals surface area contributed by atoms with Crippen LogP contribution in [0.5, 0.6) is 0 Å². The number of hydrogen-bond acceptors (Lipinski definition) is 6. The fourth-order valence-electron chi connectivity index (χ4n) is 1.90. The Bertz CT molecular complexity index is 753. The van der Waals surface area contributed by atoms with Crippen LogP contribution in [0.4, 0.5) is 5.13 Å². The second-order valence-electron chi connectivity index (χ2n) is 4.15. The molecule has 0 aliphatic rings. The van der Waals surface area contributed by atoms with Gasteiger partial charge >= 0.3 is 0 Å². The summed E-state index contributed by atoms with van der Waals surface area (Å²) in [4.78, 5) is 4.44. The van der Waals surface area contributed by atoms with Crippen LogP contribution in [0.1, 0.15) is 12.7 Å². The molecule has 7 nitrogen and oxygen atoms in total. The first-order valence-electron chi connectivity index (χ1n) is 6.21.